The molecule has 0 aromatic carbocycles. The number of pyridine rings is 1. The fraction of sp³-hybridized carbons (Fsp3) is 0.250. The first-order valence-corrected chi connectivity index (χ1v) is 4.73. The van der Waals surface area contributed by atoms with Gasteiger partial charge in [-0.25, -0.2) is 4.98 Å². The third-order valence-electron chi connectivity index (χ3n) is 1.49. The second kappa shape index (κ2) is 4.23. The molecule has 12 heavy (non-hydrogen) atoms. The van der Waals surface area contributed by atoms with Gasteiger partial charge in [-0.1, -0.05) is 6.07 Å². The van der Waals surface area contributed by atoms with Gasteiger partial charge in [0, 0.05) is 6.54 Å². The molecule has 1 heterocycles. The molecule has 0 unspecified atom stereocenters. The fourth-order valence-electron chi connectivity index (χ4n) is 0.881. The Labute approximate surface area is 75.4 Å². The highest BCUT2D eigenvalue weighted by atomic mass is 32.2. The predicted molar refractivity (Wildman–Crippen MR) is 49.3 cm³/mol. The Balaban J connectivity index is 3.10. The van der Waals surface area contributed by atoms with E-state index in [9.17, 15) is 4.79 Å². The van der Waals surface area contributed by atoms with E-state index in [1.54, 1.807) is 6.07 Å². The smallest absolute Gasteiger partial charge is 0.168 e. The number of aldehydes is 1. The van der Waals surface area contributed by atoms with E-state index < -0.39 is 0 Å². The molecule has 0 atom stereocenters. The summed E-state index contributed by atoms with van der Waals surface area (Å²) in [5.74, 6) is 0. The first kappa shape index (κ1) is 9.22. The average Bonchev–Trinajstić information content (AvgIpc) is 2.16. The first-order valence-electron chi connectivity index (χ1n) is 3.51. The highest BCUT2D eigenvalue weighted by Gasteiger charge is 2.01. The SMILES string of the molecule is CSc1nc(C=O)ccc1CN. The van der Waals surface area contributed by atoms with E-state index in [4.69, 9.17) is 5.73 Å². The first-order chi connectivity index (χ1) is 5.81. The lowest BCUT2D eigenvalue weighted by molar-refractivity contribution is 0.111. The molecule has 0 aliphatic heterocycles. The summed E-state index contributed by atoms with van der Waals surface area (Å²) in [6.45, 7) is 0.461. The largest absolute Gasteiger partial charge is 0.326 e. The number of carbonyl (C=O) groups is 1. The summed E-state index contributed by atoms with van der Waals surface area (Å²) in [4.78, 5) is 14.5. The minimum atomic E-state index is 0.455. The maximum Gasteiger partial charge on any atom is 0.168 e. The highest BCUT2D eigenvalue weighted by Crippen LogP contribution is 2.16. The Morgan fingerprint density at radius 1 is 1.67 bits per heavy atom. The summed E-state index contributed by atoms with van der Waals surface area (Å²) >= 11 is 1.50. The lowest BCUT2D eigenvalue weighted by Crippen LogP contribution is -2.01. The molecule has 1 rings (SSSR count). The number of hydrogen-bond donors (Lipinski definition) is 1. The van der Waals surface area contributed by atoms with Crippen molar-refractivity contribution in [1.82, 2.24) is 4.98 Å². The van der Waals surface area contributed by atoms with E-state index in [0.29, 0.717) is 12.2 Å². The second-order valence-electron chi connectivity index (χ2n) is 2.23. The molecule has 0 saturated carbocycles. The zero-order valence-corrected chi connectivity index (χ0v) is 7.60. The minimum absolute atomic E-state index is 0.455. The van der Waals surface area contributed by atoms with Crippen LogP contribution in [0, 0.1) is 0 Å². The van der Waals surface area contributed by atoms with Crippen molar-refractivity contribution in [3.8, 4) is 0 Å². The van der Waals surface area contributed by atoms with Crippen LogP contribution in [-0.2, 0) is 6.54 Å². The number of carbonyl (C=O) groups excluding carboxylic acids is 1. The van der Waals surface area contributed by atoms with Crippen molar-refractivity contribution in [2.75, 3.05) is 6.26 Å². The normalized spacial score (nSPS) is 9.83. The van der Waals surface area contributed by atoms with Crippen molar-refractivity contribution in [3.05, 3.63) is 23.4 Å². The molecule has 0 saturated heterocycles. The number of nitrogens with two attached hydrogens (primary N) is 1. The van der Waals surface area contributed by atoms with Gasteiger partial charge in [0.15, 0.2) is 6.29 Å². The van der Waals surface area contributed by atoms with Crippen LogP contribution < -0.4 is 5.73 Å². The monoisotopic (exact) mass is 182 g/mol. The zero-order chi connectivity index (χ0) is 8.97. The molecule has 1 aromatic heterocycles. The van der Waals surface area contributed by atoms with Crippen LogP contribution in [0.15, 0.2) is 17.2 Å². The van der Waals surface area contributed by atoms with Gasteiger partial charge in [-0.15, -0.1) is 11.8 Å². The molecule has 3 nitrogen and oxygen atoms in total. The Morgan fingerprint density at radius 2 is 2.42 bits per heavy atom. The van der Waals surface area contributed by atoms with Crippen LogP contribution in [0.1, 0.15) is 16.1 Å². The van der Waals surface area contributed by atoms with Crippen molar-refractivity contribution >= 4 is 18.0 Å². The Bertz CT molecular complexity index is 288. The van der Waals surface area contributed by atoms with Crippen molar-refractivity contribution in [2.24, 2.45) is 5.73 Å². The Kier molecular flexibility index (Phi) is 3.25. The number of nitrogens with zero attached hydrogens (tertiary/aromatic N) is 1. The maximum absolute atomic E-state index is 10.4. The summed E-state index contributed by atoms with van der Waals surface area (Å²) in [6.07, 6.45) is 2.65. The number of thioether (sulfide) groups is 1. The van der Waals surface area contributed by atoms with Gasteiger partial charge in [-0.05, 0) is 17.9 Å². The van der Waals surface area contributed by atoms with Crippen LogP contribution in [0.2, 0.25) is 0 Å². The molecule has 0 fully saturated rings. The molecule has 0 spiro atoms. The second-order valence-corrected chi connectivity index (χ2v) is 3.02. The molecule has 2 N–H and O–H groups in total. The molecule has 0 radical (unpaired) electrons. The van der Waals surface area contributed by atoms with Crippen molar-refractivity contribution in [3.63, 3.8) is 0 Å². The molecule has 0 aliphatic rings. The number of rotatable bonds is 3. The minimum Gasteiger partial charge on any atom is -0.326 e. The summed E-state index contributed by atoms with van der Waals surface area (Å²) < 4.78 is 0. The molecule has 4 heteroatoms. The number of hydrogen-bond acceptors (Lipinski definition) is 4. The van der Waals surface area contributed by atoms with Crippen LogP contribution in [0.3, 0.4) is 0 Å². The fourth-order valence-corrected chi connectivity index (χ4v) is 1.49. The summed E-state index contributed by atoms with van der Waals surface area (Å²) in [5.41, 5.74) is 6.91. The van der Waals surface area contributed by atoms with E-state index in [2.05, 4.69) is 4.98 Å². The molecular weight excluding hydrogens is 172 g/mol. The summed E-state index contributed by atoms with van der Waals surface area (Å²) in [7, 11) is 0. The molecule has 0 bridgehead atoms. The van der Waals surface area contributed by atoms with Gasteiger partial charge in [0.25, 0.3) is 0 Å². The van der Waals surface area contributed by atoms with E-state index >= 15 is 0 Å². The zero-order valence-electron chi connectivity index (χ0n) is 6.78. The van der Waals surface area contributed by atoms with Crippen LogP contribution in [0.25, 0.3) is 0 Å². The molecule has 64 valence electrons. The van der Waals surface area contributed by atoms with Gasteiger partial charge in [-0.3, -0.25) is 4.79 Å². The third kappa shape index (κ3) is 1.84. The maximum atomic E-state index is 10.4. The van der Waals surface area contributed by atoms with Gasteiger partial charge < -0.3 is 5.73 Å². The van der Waals surface area contributed by atoms with Gasteiger partial charge in [-0.2, -0.15) is 0 Å². The Morgan fingerprint density at radius 3 is 2.92 bits per heavy atom. The lowest BCUT2D eigenvalue weighted by Gasteiger charge is -2.03. The van der Waals surface area contributed by atoms with Crippen molar-refractivity contribution < 1.29 is 4.79 Å². The molecule has 0 aliphatic carbocycles. The molecular formula is C8H10N2OS. The van der Waals surface area contributed by atoms with E-state index in [0.717, 1.165) is 16.9 Å². The van der Waals surface area contributed by atoms with Crippen LogP contribution >= 0.6 is 11.8 Å². The third-order valence-corrected chi connectivity index (χ3v) is 2.23. The van der Waals surface area contributed by atoms with Crippen LogP contribution in [0.5, 0.6) is 0 Å². The Hall–Kier alpha value is -0.870. The summed E-state index contributed by atoms with van der Waals surface area (Å²) in [5, 5.41) is 0.835. The molecule has 1 aromatic rings. The lowest BCUT2D eigenvalue weighted by atomic mass is 10.2. The summed E-state index contributed by atoms with van der Waals surface area (Å²) in [6, 6.07) is 3.51. The van der Waals surface area contributed by atoms with Crippen molar-refractivity contribution in [1.29, 1.82) is 0 Å². The van der Waals surface area contributed by atoms with Gasteiger partial charge >= 0.3 is 0 Å². The average molecular weight is 182 g/mol. The quantitative estimate of drug-likeness (QED) is 0.561. The highest BCUT2D eigenvalue weighted by molar-refractivity contribution is 7.98. The van der Waals surface area contributed by atoms with E-state index in [-0.39, 0.29) is 0 Å². The molecule has 0 amide bonds. The topological polar surface area (TPSA) is 56.0 Å². The van der Waals surface area contributed by atoms with Crippen LogP contribution in [0.4, 0.5) is 0 Å². The van der Waals surface area contributed by atoms with E-state index in [1.807, 2.05) is 12.3 Å². The van der Waals surface area contributed by atoms with Gasteiger partial charge in [0.1, 0.15) is 10.7 Å². The predicted octanol–water partition coefficient (Wildman–Crippen LogP) is 1.07. The van der Waals surface area contributed by atoms with Gasteiger partial charge in [0.05, 0.1) is 0 Å². The van der Waals surface area contributed by atoms with Crippen LogP contribution in [-0.4, -0.2) is 17.5 Å². The number of aromatic nitrogens is 1. The van der Waals surface area contributed by atoms with Crippen molar-refractivity contribution in [2.45, 2.75) is 11.6 Å². The van der Waals surface area contributed by atoms with E-state index in [1.165, 1.54) is 11.8 Å². The standard InChI is InChI=1S/C8H10N2OS/c1-12-8-6(4-9)2-3-7(5-11)10-8/h2-3,5H,4,9H2,1H3. The van der Waals surface area contributed by atoms with Gasteiger partial charge in [0.2, 0.25) is 0 Å².